The van der Waals surface area contributed by atoms with E-state index < -0.39 is 97.5 Å². The van der Waals surface area contributed by atoms with Gasteiger partial charge in [0.25, 0.3) is 0 Å². The van der Waals surface area contributed by atoms with Gasteiger partial charge in [0.2, 0.25) is 0 Å². The van der Waals surface area contributed by atoms with Crippen LogP contribution in [0.25, 0.3) is 0 Å². The Hall–Kier alpha value is -1.94. The summed E-state index contributed by atoms with van der Waals surface area (Å²) >= 11 is 0. The van der Waals surface area contributed by atoms with Gasteiger partial charge in [-0.2, -0.15) is 0 Å². The zero-order valence-corrected chi connectivity index (χ0v) is 56.0. The second kappa shape index (κ2) is 57.5. The molecule has 0 rings (SSSR count). The molecule has 0 radical (unpaired) electrons. The highest BCUT2D eigenvalue weighted by atomic mass is 31.2. The fourth-order valence-electron chi connectivity index (χ4n) is 9.68. The first-order valence-electron chi connectivity index (χ1n) is 34.0. The Morgan fingerprint density at radius 1 is 0.345 bits per heavy atom. The molecule has 84 heavy (non-hydrogen) atoms. The number of esters is 4. The maximum absolute atomic E-state index is 13.0. The molecule has 0 aromatic heterocycles. The highest BCUT2D eigenvalue weighted by molar-refractivity contribution is 7.47. The van der Waals surface area contributed by atoms with Crippen LogP contribution in [0.2, 0.25) is 0 Å². The number of hydrogen-bond donors (Lipinski definition) is 3. The van der Waals surface area contributed by atoms with Crippen LogP contribution in [-0.4, -0.2) is 96.7 Å². The fraction of sp³-hybridized carbons (Fsp3) is 0.938. The van der Waals surface area contributed by atoms with Gasteiger partial charge in [-0.05, 0) is 37.5 Å². The Morgan fingerprint density at radius 3 is 0.905 bits per heavy atom. The predicted molar refractivity (Wildman–Crippen MR) is 335 cm³/mol. The van der Waals surface area contributed by atoms with Gasteiger partial charge in [0.05, 0.1) is 26.4 Å². The summed E-state index contributed by atoms with van der Waals surface area (Å²) in [5.74, 6) is -0.571. The summed E-state index contributed by atoms with van der Waals surface area (Å²) in [6, 6.07) is 0. The minimum absolute atomic E-state index is 0.105. The standard InChI is InChI=1S/C65H126O17P2/c1-7-10-12-14-15-16-24-31-37-43-49-64(69)81-60(53-75-62(67)47-41-33-13-11-8-2)55-79-83(71,72)77-51-59(66)52-78-84(73,74)80-56-61(54-76-63(68)48-42-36-30-27-26-28-34-39-45-57(4)5)82-65(70)50-44-38-32-25-22-20-18-17-19-21-23-29-35-40-46-58(6)9-3/h57-61,66H,7-56H2,1-6H3,(H,71,72)(H,73,74)/t58?,59-,60+,61+/m0/s1. The fourth-order valence-corrected chi connectivity index (χ4v) is 11.3. The normalized spacial score (nSPS) is 14.6. The second-order valence-electron chi connectivity index (χ2n) is 24.2. The van der Waals surface area contributed by atoms with Gasteiger partial charge in [0, 0.05) is 25.7 Å². The van der Waals surface area contributed by atoms with Crippen molar-refractivity contribution in [3.8, 4) is 0 Å². The van der Waals surface area contributed by atoms with Crippen molar-refractivity contribution < 1.29 is 80.2 Å². The summed E-state index contributed by atoms with van der Waals surface area (Å²) in [4.78, 5) is 72.0. The third kappa shape index (κ3) is 57.8. The molecule has 0 amide bonds. The van der Waals surface area contributed by atoms with Gasteiger partial charge in [-0.1, -0.05) is 273 Å². The van der Waals surface area contributed by atoms with E-state index in [0.717, 1.165) is 108 Å². The molecule has 0 saturated carbocycles. The van der Waals surface area contributed by atoms with E-state index in [9.17, 15) is 43.2 Å². The van der Waals surface area contributed by atoms with Crippen LogP contribution in [0.1, 0.15) is 324 Å². The maximum atomic E-state index is 13.0. The molecule has 0 aliphatic carbocycles. The number of ether oxygens (including phenoxy) is 4. The van der Waals surface area contributed by atoms with E-state index >= 15 is 0 Å². The van der Waals surface area contributed by atoms with Crippen molar-refractivity contribution >= 4 is 39.5 Å². The van der Waals surface area contributed by atoms with E-state index in [4.69, 9.17) is 37.0 Å². The quantitative estimate of drug-likeness (QED) is 0.0222. The number of phosphoric ester groups is 2. The SMILES string of the molecule is CCCCCCCCCCCCC(=O)O[C@H](COC(=O)CCCCCCC)COP(=O)(O)OC[C@H](O)COP(=O)(O)OC[C@@H](COC(=O)CCCCCCCCCCC(C)C)OC(=O)CCCCCCCCCCCCCCCCC(C)CC. The summed E-state index contributed by atoms with van der Waals surface area (Å²) in [5.41, 5.74) is 0. The van der Waals surface area contributed by atoms with Gasteiger partial charge < -0.3 is 33.8 Å². The number of carbonyl (C=O) groups excluding carboxylic acids is 4. The van der Waals surface area contributed by atoms with Crippen molar-refractivity contribution in [2.75, 3.05) is 39.6 Å². The average molecular weight is 1240 g/mol. The molecule has 17 nitrogen and oxygen atoms in total. The van der Waals surface area contributed by atoms with Crippen LogP contribution >= 0.6 is 15.6 Å². The van der Waals surface area contributed by atoms with Crippen LogP contribution < -0.4 is 0 Å². The number of aliphatic hydroxyl groups excluding tert-OH is 1. The van der Waals surface area contributed by atoms with Crippen molar-refractivity contribution in [3.05, 3.63) is 0 Å². The van der Waals surface area contributed by atoms with Gasteiger partial charge in [0.15, 0.2) is 12.2 Å². The summed E-state index contributed by atoms with van der Waals surface area (Å²) in [6.07, 6.45) is 40.6. The van der Waals surface area contributed by atoms with Crippen LogP contribution in [0.5, 0.6) is 0 Å². The van der Waals surface area contributed by atoms with Crippen LogP contribution in [0.15, 0.2) is 0 Å². The van der Waals surface area contributed by atoms with E-state index in [1.54, 1.807) is 0 Å². The predicted octanol–water partition coefficient (Wildman–Crippen LogP) is 18.0. The first-order valence-corrected chi connectivity index (χ1v) is 37.0. The van der Waals surface area contributed by atoms with Crippen molar-refractivity contribution in [1.82, 2.24) is 0 Å². The molecule has 0 spiro atoms. The number of carbonyl (C=O) groups is 4. The lowest BCUT2D eigenvalue weighted by Gasteiger charge is -2.21. The Morgan fingerprint density at radius 2 is 0.607 bits per heavy atom. The lowest BCUT2D eigenvalue weighted by atomic mass is 9.99. The molecule has 0 saturated heterocycles. The average Bonchev–Trinajstić information content (AvgIpc) is 3.57. The lowest BCUT2D eigenvalue weighted by molar-refractivity contribution is -0.161. The van der Waals surface area contributed by atoms with E-state index in [1.165, 1.54) is 135 Å². The van der Waals surface area contributed by atoms with Gasteiger partial charge in [-0.15, -0.1) is 0 Å². The van der Waals surface area contributed by atoms with E-state index in [2.05, 4.69) is 41.5 Å². The Balaban J connectivity index is 5.14. The number of phosphoric acid groups is 2. The van der Waals surface area contributed by atoms with E-state index in [1.807, 2.05) is 0 Å². The van der Waals surface area contributed by atoms with Crippen LogP contribution in [0, 0.1) is 11.8 Å². The molecule has 19 heteroatoms. The molecule has 0 fully saturated rings. The van der Waals surface area contributed by atoms with Crippen LogP contribution in [0.3, 0.4) is 0 Å². The molecule has 3 unspecified atom stereocenters. The topological polar surface area (TPSA) is 237 Å². The largest absolute Gasteiger partial charge is 0.472 e. The number of aliphatic hydroxyl groups is 1. The van der Waals surface area contributed by atoms with Gasteiger partial charge in [-0.25, -0.2) is 9.13 Å². The molecule has 0 aliphatic heterocycles. The summed E-state index contributed by atoms with van der Waals surface area (Å²) in [5, 5.41) is 10.5. The molecule has 498 valence electrons. The first-order chi connectivity index (χ1) is 40.4. The Labute approximate surface area is 511 Å². The molecule has 0 aromatic rings. The van der Waals surface area contributed by atoms with Gasteiger partial charge in [-0.3, -0.25) is 37.3 Å². The number of unbranched alkanes of at least 4 members (excludes halogenated alkanes) is 33. The highest BCUT2D eigenvalue weighted by Crippen LogP contribution is 2.45. The molecule has 0 bridgehead atoms. The molecule has 0 heterocycles. The molecule has 0 aliphatic rings. The monoisotopic (exact) mass is 1240 g/mol. The molecule has 6 atom stereocenters. The Bertz CT molecular complexity index is 1650. The second-order valence-corrected chi connectivity index (χ2v) is 27.1. The molecule has 0 aromatic carbocycles. The van der Waals surface area contributed by atoms with E-state index in [0.29, 0.717) is 25.7 Å². The van der Waals surface area contributed by atoms with Crippen molar-refractivity contribution in [2.24, 2.45) is 11.8 Å². The van der Waals surface area contributed by atoms with Crippen LogP contribution in [-0.2, 0) is 65.4 Å². The number of rotatable bonds is 64. The zero-order valence-electron chi connectivity index (χ0n) is 54.2. The summed E-state index contributed by atoms with van der Waals surface area (Å²) < 4.78 is 67.8. The van der Waals surface area contributed by atoms with Gasteiger partial charge >= 0.3 is 39.5 Å². The number of hydrogen-bond acceptors (Lipinski definition) is 15. The third-order valence-corrected chi connectivity index (χ3v) is 17.2. The van der Waals surface area contributed by atoms with Crippen molar-refractivity contribution in [3.63, 3.8) is 0 Å². The molecular weight excluding hydrogens is 1110 g/mol. The smallest absolute Gasteiger partial charge is 0.462 e. The van der Waals surface area contributed by atoms with Gasteiger partial charge in [0.1, 0.15) is 19.3 Å². The zero-order chi connectivity index (χ0) is 62.2. The Kier molecular flexibility index (Phi) is 56.2. The highest BCUT2D eigenvalue weighted by Gasteiger charge is 2.30. The van der Waals surface area contributed by atoms with Crippen molar-refractivity contribution in [1.29, 1.82) is 0 Å². The molecule has 3 N–H and O–H groups in total. The lowest BCUT2D eigenvalue weighted by Crippen LogP contribution is -2.30. The maximum Gasteiger partial charge on any atom is 0.472 e. The minimum Gasteiger partial charge on any atom is -0.462 e. The minimum atomic E-state index is -4.94. The molecular formula is C65H126O17P2. The summed E-state index contributed by atoms with van der Waals surface area (Å²) in [6.45, 7) is 9.43. The van der Waals surface area contributed by atoms with Crippen LogP contribution in [0.4, 0.5) is 0 Å². The third-order valence-electron chi connectivity index (χ3n) is 15.3. The summed E-state index contributed by atoms with van der Waals surface area (Å²) in [7, 11) is -9.88. The van der Waals surface area contributed by atoms with Crippen molar-refractivity contribution in [2.45, 2.75) is 342 Å². The van der Waals surface area contributed by atoms with E-state index in [-0.39, 0.29) is 25.7 Å². The first kappa shape index (κ1) is 82.1.